The Kier molecular flexibility index (Phi) is 3.62. The van der Waals surface area contributed by atoms with Gasteiger partial charge in [0.1, 0.15) is 5.82 Å². The van der Waals surface area contributed by atoms with Crippen LogP contribution in [-0.2, 0) is 0 Å². The second-order valence-electron chi connectivity index (χ2n) is 4.20. The Balaban J connectivity index is 2.19. The summed E-state index contributed by atoms with van der Waals surface area (Å²) in [4.78, 5) is 6.95. The van der Waals surface area contributed by atoms with E-state index in [0.717, 1.165) is 17.6 Å². The second kappa shape index (κ2) is 4.97. The molecular weight excluding hydrogens is 252 g/mol. The largest absolute Gasteiger partial charge is 0.356 e. The molecule has 15 heavy (non-hydrogen) atoms. The molecule has 2 rings (SSSR count). The van der Waals surface area contributed by atoms with Crippen LogP contribution in [0.1, 0.15) is 31.2 Å². The van der Waals surface area contributed by atoms with E-state index >= 15 is 0 Å². The lowest BCUT2D eigenvalue weighted by atomic mass is 10.2. The van der Waals surface area contributed by atoms with Crippen LogP contribution in [0, 0.1) is 6.92 Å². The summed E-state index contributed by atoms with van der Waals surface area (Å²) < 4.78 is 1.07. The van der Waals surface area contributed by atoms with Gasteiger partial charge in [0.05, 0.1) is 0 Å². The molecule has 0 aromatic carbocycles. The zero-order chi connectivity index (χ0) is 10.7. The fourth-order valence-electron chi connectivity index (χ4n) is 2.15. The highest BCUT2D eigenvalue weighted by molar-refractivity contribution is 9.10. The van der Waals surface area contributed by atoms with Gasteiger partial charge in [0.15, 0.2) is 0 Å². The first-order valence-electron chi connectivity index (χ1n) is 5.64. The van der Waals surface area contributed by atoms with Gasteiger partial charge in [-0.2, -0.15) is 0 Å². The molecule has 1 fully saturated rings. The van der Waals surface area contributed by atoms with Gasteiger partial charge in [0.25, 0.3) is 0 Å². The summed E-state index contributed by atoms with van der Waals surface area (Å²) in [5, 5.41) is 0. The van der Waals surface area contributed by atoms with Crippen LogP contribution in [0.15, 0.2) is 16.7 Å². The maximum absolute atomic E-state index is 4.52. The average molecular weight is 269 g/mol. The van der Waals surface area contributed by atoms with E-state index in [4.69, 9.17) is 0 Å². The number of halogens is 1. The van der Waals surface area contributed by atoms with Crippen molar-refractivity contribution in [2.24, 2.45) is 0 Å². The lowest BCUT2D eigenvalue weighted by molar-refractivity contribution is 0.726. The molecule has 0 atom stereocenters. The van der Waals surface area contributed by atoms with Gasteiger partial charge in [0.2, 0.25) is 0 Å². The summed E-state index contributed by atoms with van der Waals surface area (Å²) in [5.41, 5.74) is 1.27. The third-order valence-electron chi connectivity index (χ3n) is 2.92. The smallest absolute Gasteiger partial charge is 0.131 e. The van der Waals surface area contributed by atoms with Crippen LogP contribution in [0.25, 0.3) is 0 Å². The molecule has 2 heterocycles. The number of pyridine rings is 1. The summed E-state index contributed by atoms with van der Waals surface area (Å²) >= 11 is 3.45. The van der Waals surface area contributed by atoms with Crippen LogP contribution in [0.3, 0.4) is 0 Å². The van der Waals surface area contributed by atoms with Gasteiger partial charge in [0, 0.05) is 23.8 Å². The molecule has 1 aromatic rings. The van der Waals surface area contributed by atoms with Crippen molar-refractivity contribution in [2.75, 3.05) is 18.0 Å². The van der Waals surface area contributed by atoms with Crippen LogP contribution >= 0.6 is 15.9 Å². The van der Waals surface area contributed by atoms with Crippen molar-refractivity contribution in [1.29, 1.82) is 0 Å². The Labute approximate surface area is 99.8 Å². The van der Waals surface area contributed by atoms with E-state index in [1.54, 1.807) is 0 Å². The van der Waals surface area contributed by atoms with E-state index < -0.39 is 0 Å². The van der Waals surface area contributed by atoms with Gasteiger partial charge in [-0.05, 0) is 47.3 Å². The van der Waals surface area contributed by atoms with E-state index in [2.05, 4.69) is 38.8 Å². The molecule has 0 spiro atoms. The quantitative estimate of drug-likeness (QED) is 0.775. The number of nitrogens with zero attached hydrogens (tertiary/aromatic N) is 2. The first kappa shape index (κ1) is 10.9. The maximum atomic E-state index is 4.52. The predicted octanol–water partition coefficient (Wildman–Crippen LogP) is 3.53. The molecule has 0 saturated carbocycles. The van der Waals surface area contributed by atoms with Crippen LogP contribution in [-0.4, -0.2) is 18.1 Å². The molecule has 0 amide bonds. The van der Waals surface area contributed by atoms with Crippen molar-refractivity contribution in [1.82, 2.24) is 4.98 Å². The Morgan fingerprint density at radius 1 is 1.20 bits per heavy atom. The number of anilines is 1. The molecule has 0 aliphatic carbocycles. The molecule has 0 unspecified atom stereocenters. The molecule has 82 valence electrons. The topological polar surface area (TPSA) is 16.1 Å². The van der Waals surface area contributed by atoms with Crippen LogP contribution in [0.5, 0.6) is 0 Å². The number of hydrogen-bond acceptors (Lipinski definition) is 2. The molecule has 0 N–H and O–H groups in total. The molecule has 0 radical (unpaired) electrons. The first-order chi connectivity index (χ1) is 7.27. The van der Waals surface area contributed by atoms with E-state index in [1.165, 1.54) is 37.1 Å². The Morgan fingerprint density at radius 2 is 1.87 bits per heavy atom. The molecule has 1 saturated heterocycles. The minimum absolute atomic E-state index is 1.07. The van der Waals surface area contributed by atoms with Crippen molar-refractivity contribution >= 4 is 21.7 Å². The highest BCUT2D eigenvalue weighted by atomic mass is 79.9. The zero-order valence-corrected chi connectivity index (χ0v) is 10.8. The molecule has 1 aliphatic heterocycles. The average Bonchev–Trinajstić information content (AvgIpc) is 2.46. The van der Waals surface area contributed by atoms with Gasteiger partial charge in [-0.1, -0.05) is 12.8 Å². The normalized spacial score (nSPS) is 17.6. The Bertz CT molecular complexity index is 330. The van der Waals surface area contributed by atoms with Gasteiger partial charge in [-0.3, -0.25) is 0 Å². The summed E-state index contributed by atoms with van der Waals surface area (Å²) in [6.07, 6.45) is 7.24. The van der Waals surface area contributed by atoms with Crippen LogP contribution in [0.2, 0.25) is 0 Å². The molecular formula is C12H17BrN2. The van der Waals surface area contributed by atoms with Gasteiger partial charge >= 0.3 is 0 Å². The lowest BCUT2D eigenvalue weighted by Crippen LogP contribution is -2.25. The van der Waals surface area contributed by atoms with E-state index in [0.29, 0.717) is 0 Å². The predicted molar refractivity (Wildman–Crippen MR) is 67.4 cm³/mol. The van der Waals surface area contributed by atoms with Crippen molar-refractivity contribution in [2.45, 2.75) is 32.6 Å². The first-order valence-corrected chi connectivity index (χ1v) is 6.44. The second-order valence-corrected chi connectivity index (χ2v) is 5.11. The third kappa shape index (κ3) is 2.71. The Morgan fingerprint density at radius 3 is 2.47 bits per heavy atom. The summed E-state index contributed by atoms with van der Waals surface area (Å²) in [7, 11) is 0. The maximum Gasteiger partial charge on any atom is 0.131 e. The van der Waals surface area contributed by atoms with Crippen molar-refractivity contribution in [3.05, 3.63) is 22.3 Å². The SMILES string of the molecule is Cc1cc(Br)cnc1N1CCCCCC1. The lowest BCUT2D eigenvalue weighted by Gasteiger charge is -2.23. The number of aromatic nitrogens is 1. The zero-order valence-electron chi connectivity index (χ0n) is 9.17. The van der Waals surface area contributed by atoms with Gasteiger partial charge in [-0.15, -0.1) is 0 Å². The standard InChI is InChI=1S/C12H17BrN2/c1-10-8-11(13)9-14-12(10)15-6-4-2-3-5-7-15/h8-9H,2-7H2,1H3. The molecule has 3 heteroatoms. The highest BCUT2D eigenvalue weighted by Gasteiger charge is 2.12. The minimum atomic E-state index is 1.07. The van der Waals surface area contributed by atoms with E-state index in [-0.39, 0.29) is 0 Å². The number of hydrogen-bond donors (Lipinski definition) is 0. The van der Waals surface area contributed by atoms with Crippen molar-refractivity contribution < 1.29 is 0 Å². The molecule has 0 bridgehead atoms. The van der Waals surface area contributed by atoms with E-state index in [1.807, 2.05) is 6.20 Å². The number of aryl methyl sites for hydroxylation is 1. The molecule has 1 aliphatic rings. The summed E-state index contributed by atoms with van der Waals surface area (Å²) in [5.74, 6) is 1.17. The monoisotopic (exact) mass is 268 g/mol. The summed E-state index contributed by atoms with van der Waals surface area (Å²) in [6, 6.07) is 2.15. The third-order valence-corrected chi connectivity index (χ3v) is 3.36. The van der Waals surface area contributed by atoms with Gasteiger partial charge in [-0.25, -0.2) is 4.98 Å². The van der Waals surface area contributed by atoms with Gasteiger partial charge < -0.3 is 4.90 Å². The highest BCUT2D eigenvalue weighted by Crippen LogP contribution is 2.23. The number of rotatable bonds is 1. The Hall–Kier alpha value is -0.570. The van der Waals surface area contributed by atoms with Crippen LogP contribution in [0.4, 0.5) is 5.82 Å². The molecule has 2 nitrogen and oxygen atoms in total. The minimum Gasteiger partial charge on any atom is -0.356 e. The fourth-order valence-corrected chi connectivity index (χ4v) is 2.59. The van der Waals surface area contributed by atoms with Crippen LogP contribution < -0.4 is 4.90 Å². The van der Waals surface area contributed by atoms with E-state index in [9.17, 15) is 0 Å². The summed E-state index contributed by atoms with van der Waals surface area (Å²) in [6.45, 7) is 4.46. The molecule has 1 aromatic heterocycles. The van der Waals surface area contributed by atoms with Crippen molar-refractivity contribution in [3.63, 3.8) is 0 Å². The fraction of sp³-hybridized carbons (Fsp3) is 0.583. The van der Waals surface area contributed by atoms with Crippen molar-refractivity contribution in [3.8, 4) is 0 Å².